The monoisotopic (exact) mass is 233 g/mol. The smallest absolute Gasteiger partial charge is 0.146 e. The molecule has 0 aromatic heterocycles. The van der Waals surface area contributed by atoms with Crippen molar-refractivity contribution in [3.05, 3.63) is 58.5 Å². The average Bonchev–Trinajstić information content (AvgIpc) is 2.33. The highest BCUT2D eigenvalue weighted by Crippen LogP contribution is 2.29. The molecule has 0 aliphatic rings. The van der Waals surface area contributed by atoms with Crippen LogP contribution >= 0.6 is 11.6 Å². The molecular weight excluding hydrogens is 226 g/mol. The van der Waals surface area contributed by atoms with Crippen LogP contribution in [0.15, 0.2) is 53.7 Å². The van der Waals surface area contributed by atoms with Crippen molar-refractivity contribution in [1.82, 2.24) is 0 Å². The minimum atomic E-state index is 0.367. The minimum absolute atomic E-state index is 0.367. The maximum absolute atomic E-state index is 10.2. The molecule has 0 saturated carbocycles. The average molecular weight is 234 g/mol. The van der Waals surface area contributed by atoms with E-state index in [2.05, 4.69) is 5.18 Å². The summed E-state index contributed by atoms with van der Waals surface area (Å²) in [7, 11) is 0. The van der Waals surface area contributed by atoms with E-state index in [1.54, 1.807) is 36.4 Å². The van der Waals surface area contributed by atoms with E-state index in [1.165, 1.54) is 0 Å². The minimum Gasteiger partial charge on any atom is -0.456 e. The molecule has 0 amide bonds. The fraction of sp³-hybridized carbons (Fsp3) is 0. The number of nitrogens with zero attached hydrogens (tertiary/aromatic N) is 1. The van der Waals surface area contributed by atoms with E-state index in [9.17, 15) is 4.91 Å². The summed E-state index contributed by atoms with van der Waals surface area (Å²) in [6.07, 6.45) is 0. The maximum Gasteiger partial charge on any atom is 0.146 e. The summed E-state index contributed by atoms with van der Waals surface area (Å²) in [5, 5.41) is 3.35. The van der Waals surface area contributed by atoms with Gasteiger partial charge in [0.05, 0.1) is 5.02 Å². The zero-order valence-electron chi connectivity index (χ0n) is 8.26. The second-order valence-electron chi connectivity index (χ2n) is 3.12. The Labute approximate surface area is 97.6 Å². The Morgan fingerprint density at radius 3 is 2.31 bits per heavy atom. The molecule has 0 unspecified atom stereocenters. The van der Waals surface area contributed by atoms with Gasteiger partial charge in [0, 0.05) is 0 Å². The Balaban J connectivity index is 2.21. The number of benzene rings is 2. The molecule has 2 rings (SSSR count). The molecule has 2 aromatic carbocycles. The van der Waals surface area contributed by atoms with E-state index >= 15 is 0 Å². The predicted molar refractivity (Wildman–Crippen MR) is 63.4 cm³/mol. The molecular formula is C12H8ClNO2. The lowest BCUT2D eigenvalue weighted by atomic mass is 10.3. The van der Waals surface area contributed by atoms with Gasteiger partial charge in [0.25, 0.3) is 0 Å². The molecule has 3 nitrogen and oxygen atoms in total. The van der Waals surface area contributed by atoms with Crippen molar-refractivity contribution in [2.75, 3.05) is 0 Å². The standard InChI is InChI=1S/C12H8ClNO2/c13-11-3-1-2-4-12(11)16-10-7-5-9(14-15)6-8-10/h1-8H. The zero-order valence-corrected chi connectivity index (χ0v) is 9.02. The van der Waals surface area contributed by atoms with Crippen molar-refractivity contribution in [1.29, 1.82) is 0 Å². The van der Waals surface area contributed by atoms with Crippen molar-refractivity contribution in [3.8, 4) is 11.5 Å². The van der Waals surface area contributed by atoms with Crippen molar-refractivity contribution in [2.24, 2.45) is 5.18 Å². The maximum atomic E-state index is 10.2. The van der Waals surface area contributed by atoms with Crippen LogP contribution in [0.2, 0.25) is 5.02 Å². The molecule has 0 aliphatic heterocycles. The van der Waals surface area contributed by atoms with Gasteiger partial charge in [-0.25, -0.2) is 0 Å². The van der Waals surface area contributed by atoms with E-state index in [1.807, 2.05) is 12.1 Å². The number of ether oxygens (including phenoxy) is 1. The van der Waals surface area contributed by atoms with Crippen molar-refractivity contribution in [2.45, 2.75) is 0 Å². The molecule has 0 aliphatic carbocycles. The van der Waals surface area contributed by atoms with Crippen molar-refractivity contribution >= 4 is 17.3 Å². The van der Waals surface area contributed by atoms with Gasteiger partial charge in [0.1, 0.15) is 17.2 Å². The summed E-state index contributed by atoms with van der Waals surface area (Å²) in [6.45, 7) is 0. The van der Waals surface area contributed by atoms with Gasteiger partial charge >= 0.3 is 0 Å². The first-order valence-electron chi connectivity index (χ1n) is 4.65. The third-order valence-corrected chi connectivity index (χ3v) is 2.32. The summed E-state index contributed by atoms with van der Waals surface area (Å²) in [5.74, 6) is 1.19. The molecule has 0 atom stereocenters. The van der Waals surface area contributed by atoms with Crippen LogP contribution in [0.3, 0.4) is 0 Å². The van der Waals surface area contributed by atoms with Crippen molar-refractivity contribution in [3.63, 3.8) is 0 Å². The van der Waals surface area contributed by atoms with E-state index < -0.39 is 0 Å². The van der Waals surface area contributed by atoms with E-state index in [-0.39, 0.29) is 0 Å². The van der Waals surface area contributed by atoms with Crippen LogP contribution in [0.4, 0.5) is 5.69 Å². The number of hydrogen-bond acceptors (Lipinski definition) is 3. The first-order chi connectivity index (χ1) is 7.79. The van der Waals surface area contributed by atoms with E-state index in [0.29, 0.717) is 22.2 Å². The molecule has 0 N–H and O–H groups in total. The summed E-state index contributed by atoms with van der Waals surface area (Å²) < 4.78 is 5.53. The fourth-order valence-corrected chi connectivity index (χ4v) is 1.40. The van der Waals surface area contributed by atoms with Gasteiger partial charge in [-0.05, 0) is 41.6 Å². The lowest BCUT2D eigenvalue weighted by molar-refractivity contribution is 0.483. The molecule has 0 saturated heterocycles. The number of nitroso groups, excluding NO2 is 1. The van der Waals surface area contributed by atoms with Gasteiger partial charge < -0.3 is 4.74 Å². The van der Waals surface area contributed by atoms with Crippen molar-refractivity contribution < 1.29 is 4.74 Å². The van der Waals surface area contributed by atoms with Gasteiger partial charge in [0.2, 0.25) is 0 Å². The number of halogens is 1. The fourth-order valence-electron chi connectivity index (χ4n) is 1.23. The summed E-state index contributed by atoms with van der Waals surface area (Å²) in [5.41, 5.74) is 0.367. The molecule has 80 valence electrons. The van der Waals surface area contributed by atoms with Crippen LogP contribution in [0.5, 0.6) is 11.5 Å². The molecule has 16 heavy (non-hydrogen) atoms. The van der Waals surface area contributed by atoms with E-state index in [4.69, 9.17) is 16.3 Å². The van der Waals surface area contributed by atoms with Crippen LogP contribution < -0.4 is 4.74 Å². The van der Waals surface area contributed by atoms with Crippen LogP contribution in [-0.4, -0.2) is 0 Å². The Bertz CT molecular complexity index is 497. The Morgan fingerprint density at radius 2 is 1.69 bits per heavy atom. The first kappa shape index (κ1) is 10.6. The molecule has 0 fully saturated rings. The van der Waals surface area contributed by atoms with Gasteiger partial charge in [-0.1, -0.05) is 23.7 Å². The van der Waals surface area contributed by atoms with Gasteiger partial charge in [-0.2, -0.15) is 0 Å². The Morgan fingerprint density at radius 1 is 1.00 bits per heavy atom. The number of hydrogen-bond donors (Lipinski definition) is 0. The molecule has 0 heterocycles. The number of para-hydroxylation sites is 1. The van der Waals surface area contributed by atoms with E-state index in [0.717, 1.165) is 0 Å². The lowest BCUT2D eigenvalue weighted by Gasteiger charge is -2.06. The third-order valence-electron chi connectivity index (χ3n) is 2.01. The predicted octanol–water partition coefficient (Wildman–Crippen LogP) is 4.53. The summed E-state index contributed by atoms with van der Waals surface area (Å²) >= 11 is 5.94. The Kier molecular flexibility index (Phi) is 3.17. The molecule has 0 bridgehead atoms. The van der Waals surface area contributed by atoms with Crippen LogP contribution in [0, 0.1) is 4.91 Å². The van der Waals surface area contributed by atoms with Gasteiger partial charge in [-0.3, -0.25) is 0 Å². The third kappa shape index (κ3) is 2.38. The largest absolute Gasteiger partial charge is 0.456 e. The zero-order chi connectivity index (χ0) is 11.4. The second-order valence-corrected chi connectivity index (χ2v) is 3.52. The van der Waals surface area contributed by atoms with Crippen LogP contribution in [-0.2, 0) is 0 Å². The summed E-state index contributed by atoms with van der Waals surface area (Å²) in [4.78, 5) is 10.2. The van der Waals surface area contributed by atoms with Gasteiger partial charge in [-0.15, -0.1) is 4.91 Å². The molecule has 4 heteroatoms. The summed E-state index contributed by atoms with van der Waals surface area (Å²) in [6, 6.07) is 13.7. The highest BCUT2D eigenvalue weighted by molar-refractivity contribution is 6.32. The number of rotatable bonds is 3. The molecule has 2 aromatic rings. The topological polar surface area (TPSA) is 38.7 Å². The first-order valence-corrected chi connectivity index (χ1v) is 5.03. The second kappa shape index (κ2) is 4.77. The Hall–Kier alpha value is -1.87. The van der Waals surface area contributed by atoms with Crippen LogP contribution in [0.25, 0.3) is 0 Å². The quantitative estimate of drug-likeness (QED) is 0.731. The molecule has 0 spiro atoms. The van der Waals surface area contributed by atoms with Crippen LogP contribution in [0.1, 0.15) is 0 Å². The highest BCUT2D eigenvalue weighted by atomic mass is 35.5. The SMILES string of the molecule is O=Nc1ccc(Oc2ccccc2Cl)cc1. The lowest BCUT2D eigenvalue weighted by Crippen LogP contribution is -1.83. The molecule has 0 radical (unpaired) electrons. The van der Waals surface area contributed by atoms with Gasteiger partial charge in [0.15, 0.2) is 0 Å². The normalized spacial score (nSPS) is 9.81. The highest BCUT2D eigenvalue weighted by Gasteiger charge is 2.01.